The molecule has 0 amide bonds. The van der Waals surface area contributed by atoms with E-state index in [4.69, 9.17) is 4.74 Å². The fourth-order valence-corrected chi connectivity index (χ4v) is 2.45. The summed E-state index contributed by atoms with van der Waals surface area (Å²) in [6.45, 7) is 7.75. The van der Waals surface area contributed by atoms with Crippen molar-refractivity contribution in [3.05, 3.63) is 0 Å². The summed E-state index contributed by atoms with van der Waals surface area (Å²) in [5.41, 5.74) is 0. The van der Waals surface area contributed by atoms with E-state index in [1.165, 1.54) is 0 Å². The van der Waals surface area contributed by atoms with E-state index < -0.39 is 12.8 Å². The van der Waals surface area contributed by atoms with Gasteiger partial charge in [0.15, 0.2) is 0 Å². The highest BCUT2D eigenvalue weighted by molar-refractivity contribution is 4.84. The molecule has 0 aromatic heterocycles. The van der Waals surface area contributed by atoms with Crippen molar-refractivity contribution >= 4 is 0 Å². The molecule has 1 fully saturated rings. The Labute approximate surface area is 113 Å². The predicted molar refractivity (Wildman–Crippen MR) is 69.2 cm³/mol. The van der Waals surface area contributed by atoms with Crippen LogP contribution >= 0.6 is 0 Å². The first-order valence-corrected chi connectivity index (χ1v) is 6.90. The molecule has 1 saturated heterocycles. The number of hydrogen-bond acceptors (Lipinski definition) is 3. The van der Waals surface area contributed by atoms with Crippen LogP contribution in [0.5, 0.6) is 0 Å². The first kappa shape index (κ1) is 16.7. The van der Waals surface area contributed by atoms with Gasteiger partial charge in [0.2, 0.25) is 0 Å². The van der Waals surface area contributed by atoms with Gasteiger partial charge in [-0.3, -0.25) is 4.90 Å². The maximum Gasteiger partial charge on any atom is 0.411 e. The van der Waals surface area contributed by atoms with Gasteiger partial charge >= 0.3 is 6.18 Å². The normalized spacial score (nSPS) is 26.1. The molecule has 2 unspecified atom stereocenters. The fourth-order valence-electron chi connectivity index (χ4n) is 2.45. The lowest BCUT2D eigenvalue weighted by Crippen LogP contribution is -2.56. The summed E-state index contributed by atoms with van der Waals surface area (Å²) in [5, 5.41) is 3.42. The molecule has 114 valence electrons. The topological polar surface area (TPSA) is 24.5 Å². The highest BCUT2D eigenvalue weighted by Gasteiger charge is 2.29. The Kier molecular flexibility index (Phi) is 6.56. The minimum absolute atomic E-state index is 0.140. The lowest BCUT2D eigenvalue weighted by molar-refractivity contribution is -0.175. The summed E-state index contributed by atoms with van der Waals surface area (Å²) in [6, 6.07) is 0.775. The van der Waals surface area contributed by atoms with Gasteiger partial charge in [-0.05, 0) is 19.3 Å². The van der Waals surface area contributed by atoms with E-state index in [2.05, 4.69) is 31.0 Å². The number of ether oxygens (including phenoxy) is 1. The Morgan fingerprint density at radius 1 is 1.37 bits per heavy atom. The predicted octanol–water partition coefficient (Wildman–Crippen LogP) is 2.27. The number of hydrogen-bond donors (Lipinski definition) is 1. The third kappa shape index (κ3) is 7.13. The van der Waals surface area contributed by atoms with E-state index in [1.807, 2.05) is 0 Å². The van der Waals surface area contributed by atoms with Gasteiger partial charge in [-0.2, -0.15) is 13.2 Å². The molecule has 2 atom stereocenters. The molecule has 0 bridgehead atoms. The molecule has 1 heterocycles. The Hall–Kier alpha value is -0.330. The Bertz CT molecular complexity index is 259. The van der Waals surface area contributed by atoms with Crippen molar-refractivity contribution in [1.82, 2.24) is 10.2 Å². The molecule has 1 N–H and O–H groups in total. The number of nitrogens with one attached hydrogen (secondary N) is 1. The highest BCUT2D eigenvalue weighted by atomic mass is 19.4. The summed E-state index contributed by atoms with van der Waals surface area (Å²) in [7, 11) is 0. The van der Waals surface area contributed by atoms with Crippen molar-refractivity contribution in [2.45, 2.75) is 45.5 Å². The number of halogens is 3. The van der Waals surface area contributed by atoms with Crippen LogP contribution in [0.1, 0.15) is 27.2 Å². The molecule has 0 radical (unpaired) electrons. The summed E-state index contributed by atoms with van der Waals surface area (Å²) in [4.78, 5) is 2.25. The van der Waals surface area contributed by atoms with Crippen molar-refractivity contribution in [1.29, 1.82) is 0 Å². The second kappa shape index (κ2) is 7.45. The number of rotatable bonds is 6. The largest absolute Gasteiger partial charge is 0.411 e. The molecule has 0 spiro atoms. The van der Waals surface area contributed by atoms with E-state index in [-0.39, 0.29) is 6.61 Å². The summed E-state index contributed by atoms with van der Waals surface area (Å²) >= 11 is 0. The van der Waals surface area contributed by atoms with Crippen LogP contribution in [-0.4, -0.2) is 56.0 Å². The van der Waals surface area contributed by atoms with Gasteiger partial charge in [-0.1, -0.05) is 13.8 Å². The minimum atomic E-state index is -4.23. The van der Waals surface area contributed by atoms with Gasteiger partial charge in [0.05, 0.1) is 6.61 Å². The molecular weight excluding hydrogens is 257 g/mol. The molecule has 6 heteroatoms. The van der Waals surface area contributed by atoms with Crippen molar-refractivity contribution in [2.75, 3.05) is 32.8 Å². The average Bonchev–Trinajstić information content (AvgIpc) is 2.26. The average molecular weight is 282 g/mol. The third-order valence-electron chi connectivity index (χ3n) is 3.26. The Morgan fingerprint density at radius 3 is 2.63 bits per heavy atom. The molecular formula is C13H25F3N2O. The van der Waals surface area contributed by atoms with E-state index in [9.17, 15) is 13.2 Å². The third-order valence-corrected chi connectivity index (χ3v) is 3.26. The summed E-state index contributed by atoms with van der Waals surface area (Å²) in [6.07, 6.45) is -3.17. The maximum atomic E-state index is 12.0. The summed E-state index contributed by atoms with van der Waals surface area (Å²) in [5.74, 6) is 0.582. The van der Waals surface area contributed by atoms with Crippen LogP contribution in [0.15, 0.2) is 0 Å². The van der Waals surface area contributed by atoms with E-state index >= 15 is 0 Å². The first-order valence-electron chi connectivity index (χ1n) is 6.90. The minimum Gasteiger partial charge on any atom is -0.371 e. The van der Waals surface area contributed by atoms with Gasteiger partial charge in [-0.25, -0.2) is 0 Å². The molecule has 1 aliphatic rings. The molecule has 0 aromatic rings. The summed E-state index contributed by atoms with van der Waals surface area (Å²) < 4.78 is 40.7. The van der Waals surface area contributed by atoms with Crippen LogP contribution < -0.4 is 5.32 Å². The molecule has 1 rings (SSSR count). The van der Waals surface area contributed by atoms with Crippen LogP contribution in [-0.2, 0) is 4.74 Å². The SMILES string of the molecule is CC(C)CC1CNC(C)CN1CCOCC(F)(F)F. The van der Waals surface area contributed by atoms with Crippen molar-refractivity contribution in [3.63, 3.8) is 0 Å². The monoisotopic (exact) mass is 282 g/mol. The molecule has 0 saturated carbocycles. The lowest BCUT2D eigenvalue weighted by Gasteiger charge is -2.40. The second-order valence-corrected chi connectivity index (χ2v) is 5.76. The quantitative estimate of drug-likeness (QED) is 0.756. The standard InChI is InChI=1S/C13H25F3N2O/c1-10(2)6-12-7-17-11(3)8-18(12)4-5-19-9-13(14,15)16/h10-12,17H,4-9H2,1-3H3. The first-order chi connectivity index (χ1) is 8.78. The second-order valence-electron chi connectivity index (χ2n) is 5.76. The molecule has 0 aromatic carbocycles. The Balaban J connectivity index is 2.33. The zero-order valence-corrected chi connectivity index (χ0v) is 12.0. The number of nitrogens with zero attached hydrogens (tertiary/aromatic N) is 1. The molecule has 3 nitrogen and oxygen atoms in total. The van der Waals surface area contributed by atoms with Crippen LogP contribution in [0.2, 0.25) is 0 Å². The van der Waals surface area contributed by atoms with Crippen LogP contribution in [0.25, 0.3) is 0 Å². The fraction of sp³-hybridized carbons (Fsp3) is 1.00. The van der Waals surface area contributed by atoms with Crippen molar-refractivity contribution in [3.8, 4) is 0 Å². The highest BCUT2D eigenvalue weighted by Crippen LogP contribution is 2.16. The maximum absolute atomic E-state index is 12.0. The zero-order chi connectivity index (χ0) is 14.5. The molecule has 19 heavy (non-hydrogen) atoms. The van der Waals surface area contributed by atoms with Gasteiger partial charge in [0, 0.05) is 31.7 Å². The molecule has 0 aliphatic carbocycles. The van der Waals surface area contributed by atoms with Crippen molar-refractivity contribution in [2.24, 2.45) is 5.92 Å². The van der Waals surface area contributed by atoms with Crippen molar-refractivity contribution < 1.29 is 17.9 Å². The number of piperazine rings is 1. The van der Waals surface area contributed by atoms with E-state index in [0.29, 0.717) is 24.5 Å². The number of alkyl halides is 3. The van der Waals surface area contributed by atoms with E-state index in [1.54, 1.807) is 0 Å². The van der Waals surface area contributed by atoms with E-state index in [0.717, 1.165) is 19.5 Å². The van der Waals surface area contributed by atoms with Gasteiger partial charge in [0.25, 0.3) is 0 Å². The van der Waals surface area contributed by atoms with Gasteiger partial charge in [0.1, 0.15) is 6.61 Å². The van der Waals surface area contributed by atoms with Gasteiger partial charge in [-0.15, -0.1) is 0 Å². The van der Waals surface area contributed by atoms with Crippen LogP contribution in [0.3, 0.4) is 0 Å². The van der Waals surface area contributed by atoms with Crippen LogP contribution in [0.4, 0.5) is 13.2 Å². The zero-order valence-electron chi connectivity index (χ0n) is 12.0. The molecule has 1 aliphatic heterocycles. The van der Waals surface area contributed by atoms with Crippen LogP contribution in [0, 0.1) is 5.92 Å². The van der Waals surface area contributed by atoms with Gasteiger partial charge < -0.3 is 10.1 Å². The smallest absolute Gasteiger partial charge is 0.371 e. The Morgan fingerprint density at radius 2 is 2.05 bits per heavy atom. The lowest BCUT2D eigenvalue weighted by atomic mass is 9.99.